The van der Waals surface area contributed by atoms with Crippen molar-refractivity contribution in [2.75, 3.05) is 0 Å². The monoisotopic (exact) mass is 289 g/mol. The summed E-state index contributed by atoms with van der Waals surface area (Å²) in [6, 6.07) is 0. The van der Waals surface area contributed by atoms with Gasteiger partial charge in [-0.2, -0.15) is 0 Å². The number of Topliss-reactive ketones (excluding diaryl/α,β-unsaturated/α-hetero) is 2. The van der Waals surface area contributed by atoms with Gasteiger partial charge in [-0.3, -0.25) is 9.59 Å². The van der Waals surface area contributed by atoms with Gasteiger partial charge in [-0.1, -0.05) is 34.8 Å². The summed E-state index contributed by atoms with van der Waals surface area (Å²) in [5, 5.41) is -2.58. The molecule has 9 heteroatoms. The first-order valence-electron chi connectivity index (χ1n) is 3.18. The molecule has 0 aromatic rings. The Morgan fingerprint density at radius 2 is 1.27 bits per heavy atom. The van der Waals surface area contributed by atoms with Crippen LogP contribution in [0.3, 0.4) is 0 Å². The number of rotatable bonds is 1. The van der Waals surface area contributed by atoms with Gasteiger partial charge in [0.2, 0.25) is 11.6 Å². The summed E-state index contributed by atoms with van der Waals surface area (Å²) in [7, 11) is -5.16. The van der Waals surface area contributed by atoms with Gasteiger partial charge in [0.15, 0.2) is 0 Å². The highest BCUT2D eigenvalue weighted by atomic mass is 35.5. The van der Waals surface area contributed by atoms with Gasteiger partial charge < -0.3 is 4.55 Å². The van der Waals surface area contributed by atoms with E-state index in [1.807, 2.05) is 0 Å². The Morgan fingerprint density at radius 1 is 0.867 bits per heavy atom. The van der Waals surface area contributed by atoms with Gasteiger partial charge in [0.05, 0.1) is 0 Å². The van der Waals surface area contributed by atoms with E-state index in [-0.39, 0.29) is 0 Å². The lowest BCUT2D eigenvalue weighted by atomic mass is 10.1. The summed E-state index contributed by atoms with van der Waals surface area (Å²) in [5.41, 5.74) is 0. The Balaban J connectivity index is 3.57. The lowest BCUT2D eigenvalue weighted by Crippen LogP contribution is -2.23. The van der Waals surface area contributed by atoms with E-state index < -0.39 is 41.7 Å². The molecule has 1 aliphatic carbocycles. The molecular formula is C6Cl3O5S-. The third-order valence-electron chi connectivity index (χ3n) is 1.45. The average molecular weight is 290 g/mol. The molecule has 0 aliphatic heterocycles. The van der Waals surface area contributed by atoms with Gasteiger partial charge in [0.25, 0.3) is 0 Å². The van der Waals surface area contributed by atoms with Gasteiger partial charge >= 0.3 is 0 Å². The van der Waals surface area contributed by atoms with Crippen molar-refractivity contribution in [3.63, 3.8) is 0 Å². The summed E-state index contributed by atoms with van der Waals surface area (Å²) in [6.07, 6.45) is 0. The predicted octanol–water partition coefficient (Wildman–Crippen LogP) is 0.823. The highest BCUT2D eigenvalue weighted by Crippen LogP contribution is 2.33. The third kappa shape index (κ3) is 2.09. The van der Waals surface area contributed by atoms with Gasteiger partial charge in [0.1, 0.15) is 30.1 Å². The molecule has 82 valence electrons. The molecule has 0 bridgehead atoms. The molecule has 0 N–H and O–H groups in total. The van der Waals surface area contributed by atoms with Gasteiger partial charge in [-0.25, -0.2) is 8.42 Å². The Labute approximate surface area is 99.0 Å². The molecule has 0 saturated carbocycles. The van der Waals surface area contributed by atoms with Gasteiger partial charge in [-0.15, -0.1) is 0 Å². The Bertz CT molecular complexity index is 527. The molecular weight excluding hydrogens is 290 g/mol. The van der Waals surface area contributed by atoms with E-state index >= 15 is 0 Å². The summed E-state index contributed by atoms with van der Waals surface area (Å²) < 4.78 is 31.8. The molecule has 0 radical (unpaired) electrons. The minimum atomic E-state index is -5.16. The fraction of sp³-hybridized carbons (Fsp3) is 0. The van der Waals surface area contributed by atoms with Crippen LogP contribution in [-0.2, 0) is 19.7 Å². The molecule has 1 rings (SSSR count). The number of ketones is 2. The van der Waals surface area contributed by atoms with Crippen molar-refractivity contribution in [3.05, 3.63) is 20.0 Å². The Kier molecular flexibility index (Phi) is 3.27. The molecule has 0 spiro atoms. The molecule has 0 fully saturated rings. The molecule has 0 heterocycles. The third-order valence-corrected chi connectivity index (χ3v) is 3.63. The van der Waals surface area contributed by atoms with E-state index in [2.05, 4.69) is 0 Å². The topological polar surface area (TPSA) is 91.3 Å². The second-order valence-corrected chi connectivity index (χ2v) is 4.83. The summed E-state index contributed by atoms with van der Waals surface area (Å²) in [4.78, 5) is 20.9. The minimum absolute atomic E-state index is 0.709. The highest BCUT2D eigenvalue weighted by molar-refractivity contribution is 7.91. The number of allylic oxidation sites excluding steroid dienone is 4. The van der Waals surface area contributed by atoms with Crippen LogP contribution in [0.4, 0.5) is 0 Å². The fourth-order valence-corrected chi connectivity index (χ4v) is 2.39. The van der Waals surface area contributed by atoms with E-state index in [0.717, 1.165) is 0 Å². The summed E-state index contributed by atoms with van der Waals surface area (Å²) in [6.45, 7) is 0. The molecule has 0 amide bonds. The van der Waals surface area contributed by atoms with E-state index in [1.54, 1.807) is 0 Å². The van der Waals surface area contributed by atoms with Crippen molar-refractivity contribution in [2.45, 2.75) is 0 Å². The molecule has 0 atom stereocenters. The molecule has 0 saturated heterocycles. The maximum Gasteiger partial charge on any atom is 0.218 e. The van der Waals surface area contributed by atoms with Crippen molar-refractivity contribution in [1.82, 2.24) is 0 Å². The maximum absolute atomic E-state index is 11.2. The van der Waals surface area contributed by atoms with Gasteiger partial charge in [0, 0.05) is 0 Å². The van der Waals surface area contributed by atoms with E-state index in [1.165, 1.54) is 0 Å². The first-order valence-corrected chi connectivity index (χ1v) is 5.72. The van der Waals surface area contributed by atoms with Crippen LogP contribution in [0.25, 0.3) is 0 Å². The SMILES string of the molecule is O=C1C(Cl)=C(Cl)C(=O)C(S(=O)(=O)[O-])=C1Cl. The molecule has 5 nitrogen and oxygen atoms in total. The van der Waals surface area contributed by atoms with E-state index in [4.69, 9.17) is 34.8 Å². The lowest BCUT2D eigenvalue weighted by molar-refractivity contribution is -0.114. The number of halogens is 3. The fourth-order valence-electron chi connectivity index (χ4n) is 0.821. The van der Waals surface area contributed by atoms with Crippen LogP contribution in [0.2, 0.25) is 0 Å². The first kappa shape index (κ1) is 12.7. The van der Waals surface area contributed by atoms with Crippen LogP contribution in [0, 0.1) is 0 Å². The quantitative estimate of drug-likeness (QED) is 0.527. The maximum atomic E-state index is 11.2. The van der Waals surface area contributed by atoms with E-state index in [0.29, 0.717) is 0 Å². The van der Waals surface area contributed by atoms with Crippen LogP contribution in [-0.4, -0.2) is 24.5 Å². The minimum Gasteiger partial charge on any atom is -0.744 e. The molecule has 0 unspecified atom stereocenters. The van der Waals surface area contributed by atoms with Crippen molar-refractivity contribution in [1.29, 1.82) is 0 Å². The smallest absolute Gasteiger partial charge is 0.218 e. The number of carbonyl (C=O) groups excluding carboxylic acids is 2. The van der Waals surface area contributed by atoms with Crippen LogP contribution < -0.4 is 0 Å². The molecule has 1 aliphatic rings. The molecule has 0 aromatic heterocycles. The lowest BCUT2D eigenvalue weighted by Gasteiger charge is -2.16. The second-order valence-electron chi connectivity index (χ2n) is 2.38. The van der Waals surface area contributed by atoms with Crippen molar-refractivity contribution in [3.8, 4) is 0 Å². The largest absolute Gasteiger partial charge is 0.744 e. The van der Waals surface area contributed by atoms with Crippen molar-refractivity contribution < 1.29 is 22.6 Å². The molecule has 0 aromatic carbocycles. The van der Waals surface area contributed by atoms with Crippen LogP contribution in [0.5, 0.6) is 0 Å². The number of hydrogen-bond donors (Lipinski definition) is 0. The van der Waals surface area contributed by atoms with Gasteiger partial charge in [-0.05, 0) is 0 Å². The number of hydrogen-bond acceptors (Lipinski definition) is 5. The van der Waals surface area contributed by atoms with Crippen molar-refractivity contribution >= 4 is 56.5 Å². The van der Waals surface area contributed by atoms with Crippen LogP contribution in [0.1, 0.15) is 0 Å². The van der Waals surface area contributed by atoms with Crippen molar-refractivity contribution in [2.24, 2.45) is 0 Å². The highest BCUT2D eigenvalue weighted by Gasteiger charge is 2.35. The predicted molar refractivity (Wildman–Crippen MR) is 51.3 cm³/mol. The summed E-state index contributed by atoms with van der Waals surface area (Å²) in [5.74, 6) is -2.54. The van der Waals surface area contributed by atoms with Crippen LogP contribution in [0.15, 0.2) is 20.0 Å². The normalized spacial score (nSPS) is 18.9. The van der Waals surface area contributed by atoms with Crippen LogP contribution >= 0.6 is 34.8 Å². The Hall–Kier alpha value is -0.400. The summed E-state index contributed by atoms with van der Waals surface area (Å²) >= 11 is 15.8. The van der Waals surface area contributed by atoms with E-state index in [9.17, 15) is 22.6 Å². The number of carbonyl (C=O) groups is 2. The second kappa shape index (κ2) is 3.88. The molecule has 15 heavy (non-hydrogen) atoms. The Morgan fingerprint density at radius 3 is 1.67 bits per heavy atom. The standard InChI is InChI=1S/C6HCl3O5S/c7-1-2(8)5(11)6(15(12,13)14)3(9)4(1)10/h(H,12,13,14)/p-1. The zero-order chi connectivity index (χ0) is 12.0. The average Bonchev–Trinajstić information content (AvgIpc) is 2.09. The zero-order valence-corrected chi connectivity index (χ0v) is 9.67. The zero-order valence-electron chi connectivity index (χ0n) is 6.58. The first-order chi connectivity index (χ1) is 6.68.